The standard InChI is InChI=1S/C9H8ClNOS2/c1-5-4-13-9(11-5)8(12)6-2-3-7(10)14-6/h2-4,8,12H,1H3. The van der Waals surface area contributed by atoms with Gasteiger partial charge in [0.15, 0.2) is 0 Å². The van der Waals surface area contributed by atoms with Crippen LogP contribution in [0.5, 0.6) is 0 Å². The van der Waals surface area contributed by atoms with Gasteiger partial charge in [-0.2, -0.15) is 0 Å². The Morgan fingerprint density at radius 1 is 1.50 bits per heavy atom. The molecule has 0 aromatic carbocycles. The fraction of sp³-hybridized carbons (Fsp3) is 0.222. The van der Waals surface area contributed by atoms with Crippen molar-refractivity contribution in [2.75, 3.05) is 0 Å². The summed E-state index contributed by atoms with van der Waals surface area (Å²) in [6.07, 6.45) is -0.633. The first-order valence-corrected chi connectivity index (χ1v) is 6.09. The van der Waals surface area contributed by atoms with E-state index in [1.54, 1.807) is 6.07 Å². The molecule has 0 amide bonds. The minimum atomic E-state index is -0.633. The lowest BCUT2D eigenvalue weighted by Crippen LogP contribution is -1.95. The third-order valence-corrected chi connectivity index (χ3v) is 4.03. The Balaban J connectivity index is 2.28. The molecule has 1 unspecified atom stereocenters. The Morgan fingerprint density at radius 2 is 2.29 bits per heavy atom. The molecule has 0 bridgehead atoms. The molecule has 0 saturated heterocycles. The predicted molar refractivity (Wildman–Crippen MR) is 60.2 cm³/mol. The molecule has 2 heterocycles. The Labute approximate surface area is 94.8 Å². The number of hydrogen-bond donors (Lipinski definition) is 1. The van der Waals surface area contributed by atoms with Crippen molar-refractivity contribution in [3.8, 4) is 0 Å². The van der Waals surface area contributed by atoms with Gasteiger partial charge < -0.3 is 5.11 Å². The molecule has 0 aliphatic heterocycles. The molecular weight excluding hydrogens is 238 g/mol. The third kappa shape index (κ3) is 1.98. The molecule has 0 spiro atoms. The first-order chi connectivity index (χ1) is 6.66. The van der Waals surface area contributed by atoms with Crippen LogP contribution >= 0.6 is 34.3 Å². The van der Waals surface area contributed by atoms with E-state index in [9.17, 15) is 5.11 Å². The summed E-state index contributed by atoms with van der Waals surface area (Å²) in [6.45, 7) is 1.91. The molecule has 0 aliphatic rings. The van der Waals surface area contributed by atoms with Crippen molar-refractivity contribution in [3.63, 3.8) is 0 Å². The van der Waals surface area contributed by atoms with Crippen molar-refractivity contribution in [2.24, 2.45) is 0 Å². The van der Waals surface area contributed by atoms with Crippen LogP contribution in [0.4, 0.5) is 0 Å². The van der Waals surface area contributed by atoms with Crippen molar-refractivity contribution in [1.29, 1.82) is 0 Å². The highest BCUT2D eigenvalue weighted by molar-refractivity contribution is 7.16. The Morgan fingerprint density at radius 3 is 2.79 bits per heavy atom. The number of aromatic nitrogens is 1. The highest BCUT2D eigenvalue weighted by Gasteiger charge is 2.15. The van der Waals surface area contributed by atoms with Gasteiger partial charge in [-0.3, -0.25) is 0 Å². The van der Waals surface area contributed by atoms with Gasteiger partial charge in [0.05, 0.1) is 4.34 Å². The quantitative estimate of drug-likeness (QED) is 0.881. The number of thiazole rings is 1. The molecule has 0 saturated carbocycles. The van der Waals surface area contributed by atoms with Gasteiger partial charge in [0.2, 0.25) is 0 Å². The fourth-order valence-electron chi connectivity index (χ4n) is 1.09. The number of nitrogens with zero attached hydrogens (tertiary/aromatic N) is 1. The smallest absolute Gasteiger partial charge is 0.140 e. The minimum Gasteiger partial charge on any atom is -0.380 e. The predicted octanol–water partition coefficient (Wildman–Crippen LogP) is 3.25. The van der Waals surface area contributed by atoms with Gasteiger partial charge in [-0.15, -0.1) is 22.7 Å². The van der Waals surface area contributed by atoms with E-state index in [0.717, 1.165) is 15.6 Å². The molecular formula is C9H8ClNOS2. The Kier molecular flexibility index (Phi) is 2.88. The summed E-state index contributed by atoms with van der Waals surface area (Å²) in [5.41, 5.74) is 0.937. The number of aliphatic hydroxyl groups is 1. The summed E-state index contributed by atoms with van der Waals surface area (Å²) in [5, 5.41) is 12.6. The summed E-state index contributed by atoms with van der Waals surface area (Å²) in [6, 6.07) is 3.61. The van der Waals surface area contributed by atoms with E-state index in [0.29, 0.717) is 4.34 Å². The first-order valence-electron chi connectivity index (χ1n) is 4.02. The number of aryl methyl sites for hydroxylation is 1. The molecule has 1 N–H and O–H groups in total. The zero-order valence-corrected chi connectivity index (χ0v) is 9.79. The van der Waals surface area contributed by atoms with Crippen LogP contribution in [0.1, 0.15) is 21.7 Å². The number of aliphatic hydroxyl groups excluding tert-OH is 1. The number of hydrogen-bond acceptors (Lipinski definition) is 4. The van der Waals surface area contributed by atoms with E-state index < -0.39 is 6.10 Å². The van der Waals surface area contributed by atoms with Crippen molar-refractivity contribution in [1.82, 2.24) is 4.98 Å². The van der Waals surface area contributed by atoms with Crippen molar-refractivity contribution >= 4 is 34.3 Å². The molecule has 2 rings (SSSR count). The van der Waals surface area contributed by atoms with E-state index >= 15 is 0 Å². The zero-order valence-electron chi connectivity index (χ0n) is 7.40. The van der Waals surface area contributed by atoms with E-state index in [1.807, 2.05) is 18.4 Å². The van der Waals surface area contributed by atoms with Gasteiger partial charge in [-0.1, -0.05) is 11.6 Å². The van der Waals surface area contributed by atoms with Gasteiger partial charge in [0, 0.05) is 16.0 Å². The lowest BCUT2D eigenvalue weighted by molar-refractivity contribution is 0.223. The van der Waals surface area contributed by atoms with E-state index in [2.05, 4.69) is 4.98 Å². The van der Waals surface area contributed by atoms with Gasteiger partial charge in [-0.05, 0) is 19.1 Å². The molecule has 5 heteroatoms. The molecule has 2 nitrogen and oxygen atoms in total. The number of thiophene rings is 1. The maximum Gasteiger partial charge on any atom is 0.140 e. The second-order valence-electron chi connectivity index (χ2n) is 2.87. The Hall–Kier alpha value is -0.420. The van der Waals surface area contributed by atoms with Gasteiger partial charge >= 0.3 is 0 Å². The van der Waals surface area contributed by atoms with E-state index in [1.165, 1.54) is 22.7 Å². The largest absolute Gasteiger partial charge is 0.380 e. The summed E-state index contributed by atoms with van der Waals surface area (Å²) < 4.78 is 0.687. The maximum atomic E-state index is 9.92. The van der Waals surface area contributed by atoms with Gasteiger partial charge in [0.25, 0.3) is 0 Å². The average molecular weight is 246 g/mol. The highest BCUT2D eigenvalue weighted by atomic mass is 35.5. The Bertz CT molecular complexity index is 397. The molecule has 0 radical (unpaired) electrons. The van der Waals surface area contributed by atoms with Crippen molar-refractivity contribution in [2.45, 2.75) is 13.0 Å². The lowest BCUT2D eigenvalue weighted by atomic mass is 10.3. The second kappa shape index (κ2) is 3.98. The summed E-state index contributed by atoms with van der Waals surface area (Å²) >= 11 is 8.63. The topological polar surface area (TPSA) is 33.1 Å². The summed E-state index contributed by atoms with van der Waals surface area (Å²) in [5.74, 6) is 0. The van der Waals surface area contributed by atoms with Crippen LogP contribution in [-0.4, -0.2) is 10.1 Å². The lowest BCUT2D eigenvalue weighted by Gasteiger charge is -2.02. The first kappa shape index (κ1) is 10.1. The van der Waals surface area contributed by atoms with Gasteiger partial charge in [0.1, 0.15) is 11.1 Å². The second-order valence-corrected chi connectivity index (χ2v) is 5.51. The number of rotatable bonds is 2. The fourth-order valence-corrected chi connectivity index (χ4v) is 3.02. The molecule has 1 atom stereocenters. The van der Waals surface area contributed by atoms with Crippen LogP contribution in [0.2, 0.25) is 4.34 Å². The van der Waals surface area contributed by atoms with Crippen LogP contribution in [0.25, 0.3) is 0 Å². The molecule has 0 aliphatic carbocycles. The molecule has 74 valence electrons. The van der Waals surface area contributed by atoms with Gasteiger partial charge in [-0.25, -0.2) is 4.98 Å². The highest BCUT2D eigenvalue weighted by Crippen LogP contribution is 2.31. The van der Waals surface area contributed by atoms with Crippen molar-refractivity contribution in [3.05, 3.63) is 37.4 Å². The number of halogens is 1. The van der Waals surface area contributed by atoms with E-state index in [-0.39, 0.29) is 0 Å². The van der Waals surface area contributed by atoms with Crippen LogP contribution in [-0.2, 0) is 0 Å². The minimum absolute atomic E-state index is 0.633. The summed E-state index contributed by atoms with van der Waals surface area (Å²) in [7, 11) is 0. The van der Waals surface area contributed by atoms with Crippen LogP contribution in [0.15, 0.2) is 17.5 Å². The normalized spacial score (nSPS) is 13.1. The van der Waals surface area contributed by atoms with Crippen LogP contribution in [0, 0.1) is 6.92 Å². The van der Waals surface area contributed by atoms with Crippen LogP contribution < -0.4 is 0 Å². The third-order valence-electron chi connectivity index (χ3n) is 1.73. The molecule has 2 aromatic rings. The monoisotopic (exact) mass is 245 g/mol. The maximum absolute atomic E-state index is 9.92. The molecule has 2 aromatic heterocycles. The van der Waals surface area contributed by atoms with Crippen molar-refractivity contribution < 1.29 is 5.11 Å². The molecule has 14 heavy (non-hydrogen) atoms. The van der Waals surface area contributed by atoms with Crippen LogP contribution in [0.3, 0.4) is 0 Å². The average Bonchev–Trinajstić information content (AvgIpc) is 2.73. The molecule has 0 fully saturated rings. The SMILES string of the molecule is Cc1csc(C(O)c2ccc(Cl)s2)n1. The van der Waals surface area contributed by atoms with E-state index in [4.69, 9.17) is 11.6 Å². The summed E-state index contributed by atoms with van der Waals surface area (Å²) in [4.78, 5) is 5.07. The zero-order chi connectivity index (χ0) is 10.1.